The molecule has 0 aliphatic carbocycles. The third-order valence-electron chi connectivity index (χ3n) is 4.20. The number of thiocarbonyl (C=S) groups is 1. The van der Waals surface area contributed by atoms with Crippen LogP contribution in [-0.2, 0) is 6.42 Å². The van der Waals surface area contributed by atoms with Gasteiger partial charge < -0.3 is 5.32 Å². The van der Waals surface area contributed by atoms with Gasteiger partial charge in [0.25, 0.3) is 5.91 Å². The lowest BCUT2D eigenvalue weighted by molar-refractivity contribution is 0.0977. The van der Waals surface area contributed by atoms with Crippen molar-refractivity contribution in [2.24, 2.45) is 0 Å². The highest BCUT2D eigenvalue weighted by Crippen LogP contribution is 2.26. The van der Waals surface area contributed by atoms with E-state index in [9.17, 15) is 4.79 Å². The average molecular weight is 340 g/mol. The molecule has 0 radical (unpaired) electrons. The number of hydrogen-bond acceptors (Lipinski definition) is 2. The first-order chi connectivity index (χ1) is 11.5. The summed E-state index contributed by atoms with van der Waals surface area (Å²) in [5.74, 6) is 0.227. The molecule has 1 unspecified atom stereocenters. The molecule has 2 aromatic carbocycles. The SMILES string of the molecule is CCc1ccc(C(=O)NC(=S)Nc2ccccc2C(C)CC)cc1. The maximum Gasteiger partial charge on any atom is 0.257 e. The van der Waals surface area contributed by atoms with Gasteiger partial charge >= 0.3 is 0 Å². The Morgan fingerprint density at radius 2 is 1.75 bits per heavy atom. The van der Waals surface area contributed by atoms with E-state index in [0.29, 0.717) is 16.6 Å². The van der Waals surface area contributed by atoms with Crippen molar-refractivity contribution >= 4 is 28.9 Å². The number of carbonyl (C=O) groups excluding carboxylic acids is 1. The lowest BCUT2D eigenvalue weighted by Gasteiger charge is -2.17. The largest absolute Gasteiger partial charge is 0.332 e. The number of amides is 1. The van der Waals surface area contributed by atoms with E-state index < -0.39 is 0 Å². The summed E-state index contributed by atoms with van der Waals surface area (Å²) >= 11 is 5.30. The molecule has 0 aliphatic heterocycles. The zero-order valence-electron chi connectivity index (χ0n) is 14.4. The molecule has 2 aromatic rings. The van der Waals surface area contributed by atoms with E-state index in [4.69, 9.17) is 12.2 Å². The standard InChI is InChI=1S/C20H24N2OS/c1-4-14(3)17-8-6-7-9-18(17)21-20(24)22-19(23)16-12-10-15(5-2)11-13-16/h6-14H,4-5H2,1-3H3,(H2,21,22,23,24). The second-order valence-corrected chi connectivity index (χ2v) is 6.26. The second-order valence-electron chi connectivity index (χ2n) is 5.86. The van der Waals surface area contributed by atoms with E-state index in [-0.39, 0.29) is 5.91 Å². The predicted molar refractivity (Wildman–Crippen MR) is 105 cm³/mol. The number of anilines is 1. The molecule has 0 aromatic heterocycles. The lowest BCUT2D eigenvalue weighted by atomic mass is 9.97. The minimum atomic E-state index is -0.198. The Balaban J connectivity index is 2.04. The number of aryl methyl sites for hydroxylation is 1. The molecular formula is C20H24N2OS. The molecule has 2 N–H and O–H groups in total. The van der Waals surface area contributed by atoms with Gasteiger partial charge in [0.1, 0.15) is 0 Å². The summed E-state index contributed by atoms with van der Waals surface area (Å²) in [5, 5.41) is 6.21. The van der Waals surface area contributed by atoms with Gasteiger partial charge in [0.2, 0.25) is 0 Å². The molecule has 0 heterocycles. The van der Waals surface area contributed by atoms with E-state index in [1.807, 2.05) is 42.5 Å². The fraction of sp³-hybridized carbons (Fsp3) is 0.300. The Morgan fingerprint density at radius 1 is 1.08 bits per heavy atom. The van der Waals surface area contributed by atoms with E-state index >= 15 is 0 Å². The smallest absolute Gasteiger partial charge is 0.257 e. The first-order valence-corrected chi connectivity index (χ1v) is 8.76. The first-order valence-electron chi connectivity index (χ1n) is 8.35. The van der Waals surface area contributed by atoms with Crippen LogP contribution < -0.4 is 10.6 Å². The molecule has 0 fully saturated rings. The highest BCUT2D eigenvalue weighted by molar-refractivity contribution is 7.80. The summed E-state index contributed by atoms with van der Waals surface area (Å²) in [7, 11) is 0. The predicted octanol–water partition coefficient (Wildman–Crippen LogP) is 4.89. The number of benzene rings is 2. The van der Waals surface area contributed by atoms with E-state index in [1.54, 1.807) is 0 Å². The van der Waals surface area contributed by atoms with E-state index in [0.717, 1.165) is 18.5 Å². The van der Waals surface area contributed by atoms with Crippen LogP contribution in [0.15, 0.2) is 48.5 Å². The summed E-state index contributed by atoms with van der Waals surface area (Å²) in [4.78, 5) is 12.3. The van der Waals surface area contributed by atoms with Gasteiger partial charge in [-0.05, 0) is 60.3 Å². The van der Waals surface area contributed by atoms with Crippen molar-refractivity contribution < 1.29 is 4.79 Å². The summed E-state index contributed by atoms with van der Waals surface area (Å²) < 4.78 is 0. The van der Waals surface area contributed by atoms with E-state index in [2.05, 4.69) is 37.5 Å². The van der Waals surface area contributed by atoms with Crippen molar-refractivity contribution in [3.63, 3.8) is 0 Å². The minimum absolute atomic E-state index is 0.198. The second kappa shape index (κ2) is 8.60. The molecular weight excluding hydrogens is 316 g/mol. The summed E-state index contributed by atoms with van der Waals surface area (Å²) in [5.41, 5.74) is 3.95. The fourth-order valence-corrected chi connectivity index (χ4v) is 2.68. The Morgan fingerprint density at radius 3 is 2.38 bits per heavy atom. The van der Waals surface area contributed by atoms with Gasteiger partial charge in [0.15, 0.2) is 5.11 Å². The van der Waals surface area contributed by atoms with Gasteiger partial charge in [0.05, 0.1) is 0 Å². The van der Waals surface area contributed by atoms with Gasteiger partial charge in [-0.1, -0.05) is 51.1 Å². The molecule has 0 bridgehead atoms. The quantitative estimate of drug-likeness (QED) is 0.762. The topological polar surface area (TPSA) is 41.1 Å². The zero-order chi connectivity index (χ0) is 17.5. The molecule has 0 aliphatic rings. The normalized spacial score (nSPS) is 11.6. The number of rotatable bonds is 5. The maximum atomic E-state index is 12.3. The van der Waals surface area contributed by atoms with Crippen molar-refractivity contribution in [2.75, 3.05) is 5.32 Å². The third kappa shape index (κ3) is 4.65. The van der Waals surface area contributed by atoms with Crippen LogP contribution in [0.1, 0.15) is 54.6 Å². The average Bonchev–Trinajstić information content (AvgIpc) is 2.61. The van der Waals surface area contributed by atoms with Crippen LogP contribution in [0, 0.1) is 0 Å². The molecule has 0 spiro atoms. The van der Waals surface area contributed by atoms with Crippen LogP contribution in [0.4, 0.5) is 5.69 Å². The number of nitrogens with one attached hydrogen (secondary N) is 2. The van der Waals surface area contributed by atoms with Crippen LogP contribution in [0.3, 0.4) is 0 Å². The van der Waals surface area contributed by atoms with Crippen LogP contribution in [0.25, 0.3) is 0 Å². The van der Waals surface area contributed by atoms with Gasteiger partial charge in [-0.2, -0.15) is 0 Å². The summed E-state index contributed by atoms with van der Waals surface area (Å²) in [6.07, 6.45) is 2.00. The number of para-hydroxylation sites is 1. The Bertz CT molecular complexity index is 710. The van der Waals surface area contributed by atoms with Crippen LogP contribution in [-0.4, -0.2) is 11.0 Å². The van der Waals surface area contributed by atoms with Gasteiger partial charge in [-0.3, -0.25) is 10.1 Å². The van der Waals surface area contributed by atoms with E-state index in [1.165, 1.54) is 11.1 Å². The molecule has 2 rings (SSSR count). The van der Waals surface area contributed by atoms with Crippen molar-refractivity contribution in [2.45, 2.75) is 39.5 Å². The Labute approximate surface area is 149 Å². The first kappa shape index (κ1) is 18.1. The highest BCUT2D eigenvalue weighted by atomic mass is 32.1. The van der Waals surface area contributed by atoms with Crippen molar-refractivity contribution in [3.05, 3.63) is 65.2 Å². The van der Waals surface area contributed by atoms with Crippen LogP contribution in [0.5, 0.6) is 0 Å². The third-order valence-corrected chi connectivity index (χ3v) is 4.41. The Hall–Kier alpha value is -2.20. The summed E-state index contributed by atoms with van der Waals surface area (Å²) in [6, 6.07) is 15.6. The minimum Gasteiger partial charge on any atom is -0.332 e. The molecule has 4 heteroatoms. The molecule has 126 valence electrons. The monoisotopic (exact) mass is 340 g/mol. The maximum absolute atomic E-state index is 12.3. The van der Waals surface area contributed by atoms with Crippen molar-refractivity contribution in [1.82, 2.24) is 5.32 Å². The van der Waals surface area contributed by atoms with Gasteiger partial charge in [0, 0.05) is 11.3 Å². The molecule has 3 nitrogen and oxygen atoms in total. The highest BCUT2D eigenvalue weighted by Gasteiger charge is 2.12. The zero-order valence-corrected chi connectivity index (χ0v) is 15.2. The van der Waals surface area contributed by atoms with Crippen molar-refractivity contribution in [3.8, 4) is 0 Å². The van der Waals surface area contributed by atoms with Crippen molar-refractivity contribution in [1.29, 1.82) is 0 Å². The molecule has 0 saturated heterocycles. The molecule has 0 saturated carbocycles. The summed E-state index contributed by atoms with van der Waals surface area (Å²) in [6.45, 7) is 6.42. The van der Waals surface area contributed by atoms with Gasteiger partial charge in [-0.25, -0.2) is 0 Å². The fourth-order valence-electron chi connectivity index (χ4n) is 2.48. The molecule has 1 atom stereocenters. The number of carbonyl (C=O) groups is 1. The molecule has 24 heavy (non-hydrogen) atoms. The van der Waals surface area contributed by atoms with Crippen LogP contribution in [0.2, 0.25) is 0 Å². The molecule has 1 amide bonds. The lowest BCUT2D eigenvalue weighted by Crippen LogP contribution is -2.34. The number of hydrogen-bond donors (Lipinski definition) is 2. The van der Waals surface area contributed by atoms with Crippen LogP contribution >= 0.6 is 12.2 Å². The van der Waals surface area contributed by atoms with Gasteiger partial charge in [-0.15, -0.1) is 0 Å². The Kier molecular flexibility index (Phi) is 6.50.